The summed E-state index contributed by atoms with van der Waals surface area (Å²) in [5.41, 5.74) is 0.885. The third-order valence-electron chi connectivity index (χ3n) is 5.11. The average molecular weight is 463 g/mol. The molecule has 170 valence electrons. The summed E-state index contributed by atoms with van der Waals surface area (Å²) >= 11 is 6.18. The summed E-state index contributed by atoms with van der Waals surface area (Å²) in [6, 6.07) is 9.65. The van der Waals surface area contributed by atoms with Gasteiger partial charge in [0.1, 0.15) is 5.82 Å². The summed E-state index contributed by atoms with van der Waals surface area (Å²) in [5.74, 6) is 0.682. The van der Waals surface area contributed by atoms with Crippen molar-refractivity contribution in [3.8, 4) is 0 Å². The molecular formula is C24H26ClF3N4. The van der Waals surface area contributed by atoms with E-state index >= 15 is 0 Å². The molecule has 0 amide bonds. The quantitative estimate of drug-likeness (QED) is 0.420. The van der Waals surface area contributed by atoms with E-state index in [0.29, 0.717) is 22.8 Å². The summed E-state index contributed by atoms with van der Waals surface area (Å²) in [6.07, 6.45) is -0.301. The second kappa shape index (κ2) is 9.88. The average Bonchev–Trinajstić information content (AvgIpc) is 2.72. The van der Waals surface area contributed by atoms with Crippen LogP contribution in [0.5, 0.6) is 0 Å². The van der Waals surface area contributed by atoms with Gasteiger partial charge in [-0.25, -0.2) is 9.97 Å². The van der Waals surface area contributed by atoms with Gasteiger partial charge in [0.2, 0.25) is 0 Å². The summed E-state index contributed by atoms with van der Waals surface area (Å²) in [5, 5.41) is 0.995. The molecule has 8 heteroatoms. The van der Waals surface area contributed by atoms with Gasteiger partial charge < -0.3 is 9.80 Å². The minimum atomic E-state index is -4.51. The maximum atomic E-state index is 13.7. The van der Waals surface area contributed by atoms with Gasteiger partial charge in [-0.15, -0.1) is 0 Å². The first-order valence-electron chi connectivity index (χ1n) is 10.2. The van der Waals surface area contributed by atoms with Crippen molar-refractivity contribution >= 4 is 40.5 Å². The Bertz CT molecular complexity index is 1130. The van der Waals surface area contributed by atoms with Crippen LogP contribution in [0.25, 0.3) is 23.1 Å². The van der Waals surface area contributed by atoms with Crippen molar-refractivity contribution in [2.24, 2.45) is 0 Å². The van der Waals surface area contributed by atoms with E-state index in [2.05, 4.69) is 14.9 Å². The van der Waals surface area contributed by atoms with E-state index < -0.39 is 11.7 Å². The van der Waals surface area contributed by atoms with Gasteiger partial charge in [-0.1, -0.05) is 35.9 Å². The molecule has 0 saturated heterocycles. The fourth-order valence-electron chi connectivity index (χ4n) is 3.36. The number of fused-ring (bicyclic) bond motifs is 1. The molecule has 1 aromatic heterocycles. The molecule has 0 N–H and O–H groups in total. The number of benzene rings is 2. The maximum Gasteiger partial charge on any atom is 0.418 e. The number of rotatable bonds is 7. The Morgan fingerprint density at radius 3 is 2.41 bits per heavy atom. The minimum absolute atomic E-state index is 0.106. The lowest BCUT2D eigenvalue weighted by atomic mass is 10.1. The van der Waals surface area contributed by atoms with E-state index in [1.807, 2.05) is 45.1 Å². The first kappa shape index (κ1) is 24.0. The van der Waals surface area contributed by atoms with Gasteiger partial charge in [0.15, 0.2) is 5.82 Å². The SMILES string of the molecule is Cc1ccc(/C=C/c2nc(N(C)CCCN(C)C)c3cccc(C(F)(F)F)c3n2)cc1Cl. The van der Waals surface area contributed by atoms with Gasteiger partial charge >= 0.3 is 6.18 Å². The predicted octanol–water partition coefficient (Wildman–Crippen LogP) is 6.17. The number of halogens is 4. The molecule has 0 spiro atoms. The van der Waals surface area contributed by atoms with Crippen molar-refractivity contribution in [2.75, 3.05) is 39.1 Å². The zero-order chi connectivity index (χ0) is 23.5. The Hall–Kier alpha value is -2.64. The smallest absolute Gasteiger partial charge is 0.359 e. The summed E-state index contributed by atoms with van der Waals surface area (Å²) in [4.78, 5) is 12.8. The molecule has 4 nitrogen and oxygen atoms in total. The van der Waals surface area contributed by atoms with Gasteiger partial charge in [-0.2, -0.15) is 13.2 Å². The van der Waals surface area contributed by atoms with Crippen LogP contribution in [0.4, 0.5) is 19.0 Å². The highest BCUT2D eigenvalue weighted by Gasteiger charge is 2.34. The van der Waals surface area contributed by atoms with Crippen molar-refractivity contribution in [3.05, 3.63) is 63.9 Å². The molecule has 0 unspecified atom stereocenters. The molecule has 0 radical (unpaired) electrons. The molecule has 32 heavy (non-hydrogen) atoms. The van der Waals surface area contributed by atoms with Crippen LogP contribution in [0.3, 0.4) is 0 Å². The molecule has 0 bridgehead atoms. The number of hydrogen-bond acceptors (Lipinski definition) is 4. The predicted molar refractivity (Wildman–Crippen MR) is 126 cm³/mol. The number of aryl methyl sites for hydroxylation is 1. The van der Waals surface area contributed by atoms with Crippen LogP contribution in [-0.4, -0.2) is 49.1 Å². The molecule has 0 aliphatic carbocycles. The lowest BCUT2D eigenvalue weighted by molar-refractivity contribution is -0.136. The lowest BCUT2D eigenvalue weighted by Gasteiger charge is -2.22. The van der Waals surface area contributed by atoms with Crippen molar-refractivity contribution in [1.29, 1.82) is 0 Å². The van der Waals surface area contributed by atoms with E-state index in [9.17, 15) is 13.2 Å². The van der Waals surface area contributed by atoms with Gasteiger partial charge in [0, 0.05) is 24.0 Å². The van der Waals surface area contributed by atoms with Gasteiger partial charge in [0.25, 0.3) is 0 Å². The van der Waals surface area contributed by atoms with Crippen LogP contribution in [0.1, 0.15) is 28.9 Å². The van der Waals surface area contributed by atoms with Crippen LogP contribution >= 0.6 is 11.6 Å². The zero-order valence-corrected chi connectivity index (χ0v) is 19.3. The Morgan fingerprint density at radius 1 is 1.00 bits per heavy atom. The summed E-state index contributed by atoms with van der Waals surface area (Å²) < 4.78 is 41.1. The molecule has 3 rings (SSSR count). The van der Waals surface area contributed by atoms with Crippen LogP contribution in [-0.2, 0) is 6.18 Å². The van der Waals surface area contributed by atoms with E-state index in [-0.39, 0.29) is 11.3 Å². The highest BCUT2D eigenvalue weighted by Crippen LogP contribution is 2.36. The molecule has 0 aliphatic rings. The number of hydrogen-bond donors (Lipinski definition) is 0. The number of aromatic nitrogens is 2. The molecule has 0 aliphatic heterocycles. The normalized spacial score (nSPS) is 12.3. The molecule has 0 atom stereocenters. The number of para-hydroxylation sites is 1. The number of anilines is 1. The Balaban J connectivity index is 2.07. The van der Waals surface area contributed by atoms with E-state index in [4.69, 9.17) is 11.6 Å². The Kier molecular flexibility index (Phi) is 7.41. The standard InChI is InChI=1S/C24H26ClF3N4/c1-16-9-10-17(15-20(16)25)11-12-21-29-22-18(7-5-8-19(22)24(26,27)28)23(30-21)32(4)14-6-13-31(2)3/h5,7-12,15H,6,13-14H2,1-4H3/b12-11+. The molecule has 1 heterocycles. The second-order valence-electron chi connectivity index (χ2n) is 8.03. The van der Waals surface area contributed by atoms with E-state index in [1.165, 1.54) is 6.07 Å². The first-order valence-corrected chi connectivity index (χ1v) is 10.6. The van der Waals surface area contributed by atoms with Crippen LogP contribution in [0.2, 0.25) is 5.02 Å². The third kappa shape index (κ3) is 5.78. The Labute approximate surface area is 191 Å². The monoisotopic (exact) mass is 462 g/mol. The van der Waals surface area contributed by atoms with Crippen molar-refractivity contribution < 1.29 is 13.2 Å². The fraction of sp³-hybridized carbons (Fsp3) is 0.333. The van der Waals surface area contributed by atoms with Gasteiger partial charge in [0.05, 0.1) is 11.1 Å². The second-order valence-corrected chi connectivity index (χ2v) is 8.43. The van der Waals surface area contributed by atoms with E-state index in [0.717, 1.165) is 30.2 Å². The fourth-order valence-corrected chi connectivity index (χ4v) is 3.55. The van der Waals surface area contributed by atoms with Gasteiger partial charge in [-0.3, -0.25) is 0 Å². The van der Waals surface area contributed by atoms with E-state index in [1.54, 1.807) is 24.3 Å². The number of alkyl halides is 3. The topological polar surface area (TPSA) is 32.3 Å². The molecule has 2 aromatic carbocycles. The van der Waals surface area contributed by atoms with Crippen molar-refractivity contribution in [1.82, 2.24) is 14.9 Å². The zero-order valence-electron chi connectivity index (χ0n) is 18.5. The molecule has 3 aromatic rings. The molecule has 0 saturated carbocycles. The molecule has 0 fully saturated rings. The first-order chi connectivity index (χ1) is 15.1. The summed E-state index contributed by atoms with van der Waals surface area (Å²) in [6.45, 7) is 3.42. The Morgan fingerprint density at radius 2 is 1.75 bits per heavy atom. The van der Waals surface area contributed by atoms with Crippen molar-refractivity contribution in [3.63, 3.8) is 0 Å². The van der Waals surface area contributed by atoms with Crippen LogP contribution in [0.15, 0.2) is 36.4 Å². The largest absolute Gasteiger partial charge is 0.418 e. The van der Waals surface area contributed by atoms with Crippen LogP contribution < -0.4 is 4.90 Å². The highest BCUT2D eigenvalue weighted by molar-refractivity contribution is 6.31. The minimum Gasteiger partial charge on any atom is -0.359 e. The number of nitrogens with zero attached hydrogens (tertiary/aromatic N) is 4. The third-order valence-corrected chi connectivity index (χ3v) is 5.52. The van der Waals surface area contributed by atoms with Gasteiger partial charge in [-0.05, 0) is 69.4 Å². The summed E-state index contributed by atoms with van der Waals surface area (Å²) in [7, 11) is 5.80. The maximum absolute atomic E-state index is 13.7. The van der Waals surface area contributed by atoms with Crippen LogP contribution in [0, 0.1) is 6.92 Å². The molecular weight excluding hydrogens is 437 g/mol. The highest BCUT2D eigenvalue weighted by atomic mass is 35.5. The van der Waals surface area contributed by atoms with Crippen molar-refractivity contribution in [2.45, 2.75) is 19.5 Å². The lowest BCUT2D eigenvalue weighted by Crippen LogP contribution is -2.24.